The van der Waals surface area contributed by atoms with E-state index in [1.54, 1.807) is 0 Å². The maximum atomic E-state index is 5.96. The van der Waals surface area contributed by atoms with Crippen LogP contribution >= 0.6 is 0 Å². The molecule has 2 aromatic rings. The van der Waals surface area contributed by atoms with Crippen LogP contribution in [0, 0.1) is 0 Å². The average Bonchev–Trinajstić information content (AvgIpc) is 2.95. The van der Waals surface area contributed by atoms with E-state index in [0.29, 0.717) is 6.61 Å². The summed E-state index contributed by atoms with van der Waals surface area (Å²) >= 11 is 0. The fourth-order valence-corrected chi connectivity index (χ4v) is 2.66. The predicted molar refractivity (Wildman–Crippen MR) is 83.9 cm³/mol. The number of hydrogen-bond acceptors (Lipinski definition) is 3. The smallest absolute Gasteiger partial charge is 0.124 e. The quantitative estimate of drug-likeness (QED) is 0.916. The molecule has 0 saturated heterocycles. The minimum Gasteiger partial charge on any atom is -0.493 e. The Labute approximate surface area is 125 Å². The molecule has 1 aliphatic heterocycles. The molecule has 1 heterocycles. The van der Waals surface area contributed by atoms with Gasteiger partial charge in [-0.2, -0.15) is 0 Å². The van der Waals surface area contributed by atoms with Crippen LogP contribution in [0.4, 0.5) is 0 Å². The van der Waals surface area contributed by atoms with Gasteiger partial charge in [-0.3, -0.25) is 0 Å². The van der Waals surface area contributed by atoms with E-state index < -0.39 is 0 Å². The summed E-state index contributed by atoms with van der Waals surface area (Å²) in [7, 11) is 0. The van der Waals surface area contributed by atoms with Gasteiger partial charge in [0.15, 0.2) is 0 Å². The number of nitrogens with two attached hydrogens (primary N) is 1. The zero-order chi connectivity index (χ0) is 14.7. The molecule has 0 unspecified atom stereocenters. The Morgan fingerprint density at radius 1 is 1.24 bits per heavy atom. The highest BCUT2D eigenvalue weighted by Crippen LogP contribution is 2.26. The number of ether oxygens (including phenoxy) is 2. The largest absolute Gasteiger partial charge is 0.493 e. The number of benzene rings is 2. The van der Waals surface area contributed by atoms with Gasteiger partial charge in [-0.25, -0.2) is 0 Å². The van der Waals surface area contributed by atoms with Gasteiger partial charge < -0.3 is 15.2 Å². The summed E-state index contributed by atoms with van der Waals surface area (Å²) in [6, 6.07) is 14.4. The molecule has 0 radical (unpaired) electrons. The van der Waals surface area contributed by atoms with Gasteiger partial charge in [-0.1, -0.05) is 30.3 Å². The van der Waals surface area contributed by atoms with E-state index in [-0.39, 0.29) is 6.04 Å². The molecule has 1 atom stereocenters. The first-order valence-corrected chi connectivity index (χ1v) is 7.46. The molecular formula is C18H21NO2. The topological polar surface area (TPSA) is 44.5 Å². The van der Waals surface area contributed by atoms with E-state index in [2.05, 4.69) is 18.2 Å². The third-order valence-electron chi connectivity index (χ3n) is 3.81. The van der Waals surface area contributed by atoms with Crippen molar-refractivity contribution in [3.8, 4) is 11.5 Å². The molecule has 21 heavy (non-hydrogen) atoms. The summed E-state index contributed by atoms with van der Waals surface area (Å²) in [5, 5.41) is 0. The zero-order valence-electron chi connectivity index (χ0n) is 12.3. The van der Waals surface area contributed by atoms with Crippen LogP contribution in [0.15, 0.2) is 42.5 Å². The molecule has 3 heteroatoms. The van der Waals surface area contributed by atoms with Crippen LogP contribution < -0.4 is 15.2 Å². The molecule has 0 amide bonds. The second-order valence-electron chi connectivity index (χ2n) is 5.47. The second kappa shape index (κ2) is 6.19. The van der Waals surface area contributed by atoms with Crippen molar-refractivity contribution in [1.82, 2.24) is 0 Å². The summed E-state index contributed by atoms with van der Waals surface area (Å²) < 4.78 is 11.4. The van der Waals surface area contributed by atoms with Crippen LogP contribution in [0.3, 0.4) is 0 Å². The predicted octanol–water partition coefficient (Wildman–Crippen LogP) is 3.26. The molecule has 2 aromatic carbocycles. The van der Waals surface area contributed by atoms with E-state index in [1.807, 2.05) is 31.2 Å². The molecule has 2 N–H and O–H groups in total. The molecule has 0 bridgehead atoms. The monoisotopic (exact) mass is 283 g/mol. The molecular weight excluding hydrogens is 262 g/mol. The lowest BCUT2D eigenvalue weighted by molar-refractivity contribution is 0.317. The van der Waals surface area contributed by atoms with E-state index >= 15 is 0 Å². The maximum absolute atomic E-state index is 5.96. The van der Waals surface area contributed by atoms with Crippen LogP contribution in [0.25, 0.3) is 0 Å². The minimum atomic E-state index is -0.0154. The number of hydrogen-bond donors (Lipinski definition) is 1. The molecule has 0 aromatic heterocycles. The Morgan fingerprint density at radius 3 is 2.95 bits per heavy atom. The minimum absolute atomic E-state index is 0.0154. The van der Waals surface area contributed by atoms with Crippen molar-refractivity contribution in [1.29, 1.82) is 0 Å². The van der Waals surface area contributed by atoms with Crippen molar-refractivity contribution in [2.45, 2.75) is 25.8 Å². The third kappa shape index (κ3) is 3.19. The summed E-state index contributed by atoms with van der Waals surface area (Å²) in [5.41, 5.74) is 9.62. The molecule has 1 aliphatic rings. The lowest BCUT2D eigenvalue weighted by Crippen LogP contribution is -2.09. The highest BCUT2D eigenvalue weighted by atomic mass is 16.5. The molecule has 0 saturated carbocycles. The Hall–Kier alpha value is -2.00. The van der Waals surface area contributed by atoms with E-state index in [0.717, 1.165) is 36.5 Å². The fraction of sp³-hybridized carbons (Fsp3) is 0.333. The van der Waals surface area contributed by atoms with Gasteiger partial charge in [0.2, 0.25) is 0 Å². The van der Waals surface area contributed by atoms with Gasteiger partial charge in [0, 0.05) is 24.4 Å². The van der Waals surface area contributed by atoms with Crippen LogP contribution in [-0.2, 0) is 12.8 Å². The van der Waals surface area contributed by atoms with Crippen LogP contribution in [0.1, 0.15) is 29.7 Å². The Balaban J connectivity index is 1.61. The van der Waals surface area contributed by atoms with Gasteiger partial charge in [0.1, 0.15) is 11.5 Å². The molecule has 0 fully saturated rings. The highest BCUT2D eigenvalue weighted by Gasteiger charge is 2.12. The molecule has 3 rings (SSSR count). The third-order valence-corrected chi connectivity index (χ3v) is 3.81. The number of rotatable bonds is 5. The van der Waals surface area contributed by atoms with E-state index in [1.165, 1.54) is 11.1 Å². The molecule has 110 valence electrons. The van der Waals surface area contributed by atoms with Crippen molar-refractivity contribution in [3.63, 3.8) is 0 Å². The second-order valence-corrected chi connectivity index (χ2v) is 5.47. The van der Waals surface area contributed by atoms with Crippen LogP contribution in [0.2, 0.25) is 0 Å². The highest BCUT2D eigenvalue weighted by molar-refractivity contribution is 5.40. The normalized spacial score (nSPS) is 14.4. The first-order valence-electron chi connectivity index (χ1n) is 7.46. The lowest BCUT2D eigenvalue weighted by atomic mass is 10.1. The van der Waals surface area contributed by atoms with E-state index in [9.17, 15) is 0 Å². The first kappa shape index (κ1) is 14.0. The Morgan fingerprint density at radius 2 is 2.10 bits per heavy atom. The lowest BCUT2D eigenvalue weighted by Gasteiger charge is -2.14. The van der Waals surface area contributed by atoms with Crippen LogP contribution in [0.5, 0.6) is 11.5 Å². The standard InChI is InChI=1S/C18H21NO2/c1-13(19)16-4-2-3-5-18(16)21-10-8-14-6-7-17-15(12-14)9-11-20-17/h2-7,12-13H,8-11,19H2,1H3/t13-/m0/s1. The Bertz CT molecular complexity index is 622. The first-order chi connectivity index (χ1) is 10.2. The summed E-state index contributed by atoms with van der Waals surface area (Å²) in [5.74, 6) is 1.92. The van der Waals surface area contributed by atoms with Crippen molar-refractivity contribution < 1.29 is 9.47 Å². The van der Waals surface area contributed by atoms with E-state index in [4.69, 9.17) is 15.2 Å². The van der Waals surface area contributed by atoms with Gasteiger partial charge in [0.25, 0.3) is 0 Å². The summed E-state index contributed by atoms with van der Waals surface area (Å²) in [4.78, 5) is 0. The van der Waals surface area contributed by atoms with Crippen LogP contribution in [-0.4, -0.2) is 13.2 Å². The van der Waals surface area contributed by atoms with Crippen molar-refractivity contribution in [2.75, 3.05) is 13.2 Å². The van der Waals surface area contributed by atoms with Crippen molar-refractivity contribution in [3.05, 3.63) is 59.2 Å². The van der Waals surface area contributed by atoms with Crippen molar-refractivity contribution >= 4 is 0 Å². The SMILES string of the molecule is C[C@H](N)c1ccccc1OCCc1ccc2c(c1)CCO2. The molecule has 0 aliphatic carbocycles. The van der Waals surface area contributed by atoms with Gasteiger partial charge in [-0.05, 0) is 30.2 Å². The number of fused-ring (bicyclic) bond motifs is 1. The maximum Gasteiger partial charge on any atom is 0.124 e. The van der Waals surface area contributed by atoms with Crippen molar-refractivity contribution in [2.24, 2.45) is 5.73 Å². The Kier molecular flexibility index (Phi) is 4.11. The summed E-state index contributed by atoms with van der Waals surface area (Å²) in [6.07, 6.45) is 1.90. The molecule has 0 spiro atoms. The fourth-order valence-electron chi connectivity index (χ4n) is 2.66. The summed E-state index contributed by atoms with van der Waals surface area (Å²) in [6.45, 7) is 3.43. The van der Waals surface area contributed by atoms with Gasteiger partial charge >= 0.3 is 0 Å². The number of para-hydroxylation sites is 1. The van der Waals surface area contributed by atoms with Gasteiger partial charge in [-0.15, -0.1) is 0 Å². The zero-order valence-corrected chi connectivity index (χ0v) is 12.3. The average molecular weight is 283 g/mol. The van der Waals surface area contributed by atoms with Gasteiger partial charge in [0.05, 0.1) is 13.2 Å². The molecule has 3 nitrogen and oxygen atoms in total.